The van der Waals surface area contributed by atoms with E-state index in [2.05, 4.69) is 0 Å². The molecule has 1 saturated carbocycles. The first-order valence-corrected chi connectivity index (χ1v) is 6.13. The lowest BCUT2D eigenvalue weighted by molar-refractivity contribution is 0.384. The second-order valence-electron chi connectivity index (χ2n) is 4.30. The minimum absolute atomic E-state index is 0.140. The Hall–Kier alpha value is -0.760. The van der Waals surface area contributed by atoms with Crippen molar-refractivity contribution < 1.29 is 9.13 Å². The van der Waals surface area contributed by atoms with Crippen LogP contribution in [0.4, 0.5) is 4.39 Å². The summed E-state index contributed by atoms with van der Waals surface area (Å²) in [6.07, 6.45) is 4.45. The van der Waals surface area contributed by atoms with Crippen molar-refractivity contribution >= 4 is 11.6 Å². The summed E-state index contributed by atoms with van der Waals surface area (Å²) in [5.74, 6) is 0.288. The molecule has 1 nitrogen and oxygen atoms in total. The molecule has 1 aliphatic rings. The molecule has 3 heteroatoms. The van der Waals surface area contributed by atoms with Gasteiger partial charge in [0, 0.05) is 11.3 Å². The van der Waals surface area contributed by atoms with Crippen LogP contribution in [0.25, 0.3) is 0 Å². The van der Waals surface area contributed by atoms with Gasteiger partial charge in [0.05, 0.1) is 7.11 Å². The molecule has 2 atom stereocenters. The SMILES string of the molecule is COc1ccc(C2CCCCC2Cl)cc1F. The number of methoxy groups -OCH3 is 1. The Kier molecular flexibility index (Phi) is 3.70. The molecule has 1 aliphatic carbocycles. The topological polar surface area (TPSA) is 9.23 Å². The summed E-state index contributed by atoms with van der Waals surface area (Å²) < 4.78 is 18.5. The first-order chi connectivity index (χ1) is 7.72. The number of rotatable bonds is 2. The van der Waals surface area contributed by atoms with Gasteiger partial charge < -0.3 is 4.74 Å². The highest BCUT2D eigenvalue weighted by Gasteiger charge is 2.25. The Balaban J connectivity index is 2.22. The molecule has 0 bridgehead atoms. The van der Waals surface area contributed by atoms with Crippen LogP contribution < -0.4 is 4.74 Å². The van der Waals surface area contributed by atoms with E-state index in [-0.39, 0.29) is 17.1 Å². The summed E-state index contributed by atoms with van der Waals surface area (Å²) in [5, 5.41) is 0.140. The van der Waals surface area contributed by atoms with Gasteiger partial charge in [-0.25, -0.2) is 4.39 Å². The maximum atomic E-state index is 13.6. The molecule has 0 heterocycles. The molecule has 0 aromatic heterocycles. The van der Waals surface area contributed by atoms with E-state index >= 15 is 0 Å². The molecule has 1 aromatic carbocycles. The number of hydrogen-bond donors (Lipinski definition) is 0. The van der Waals surface area contributed by atoms with E-state index in [1.165, 1.54) is 20.0 Å². The van der Waals surface area contributed by atoms with Gasteiger partial charge in [0.25, 0.3) is 0 Å². The number of halogens is 2. The Labute approximate surface area is 101 Å². The van der Waals surface area contributed by atoms with E-state index in [0.29, 0.717) is 5.75 Å². The average Bonchev–Trinajstić information content (AvgIpc) is 2.29. The van der Waals surface area contributed by atoms with Gasteiger partial charge in [-0.3, -0.25) is 0 Å². The highest BCUT2D eigenvalue weighted by Crippen LogP contribution is 2.37. The van der Waals surface area contributed by atoms with Crippen LogP contribution in [0.5, 0.6) is 5.75 Å². The second kappa shape index (κ2) is 5.05. The van der Waals surface area contributed by atoms with Crippen molar-refractivity contribution in [3.63, 3.8) is 0 Å². The van der Waals surface area contributed by atoms with E-state index in [9.17, 15) is 4.39 Å². The second-order valence-corrected chi connectivity index (χ2v) is 4.86. The summed E-state index contributed by atoms with van der Waals surface area (Å²) in [4.78, 5) is 0. The molecule has 1 fully saturated rings. The minimum atomic E-state index is -0.297. The van der Waals surface area contributed by atoms with Gasteiger partial charge in [-0.15, -0.1) is 11.6 Å². The average molecular weight is 243 g/mol. The van der Waals surface area contributed by atoms with Crippen molar-refractivity contribution in [1.82, 2.24) is 0 Å². The van der Waals surface area contributed by atoms with Crippen LogP contribution in [-0.4, -0.2) is 12.5 Å². The summed E-state index contributed by atoms with van der Waals surface area (Å²) in [5.41, 5.74) is 0.998. The normalized spacial score (nSPS) is 25.4. The van der Waals surface area contributed by atoms with Crippen LogP contribution in [0.15, 0.2) is 18.2 Å². The van der Waals surface area contributed by atoms with Gasteiger partial charge in [-0.05, 0) is 30.5 Å². The summed E-state index contributed by atoms with van der Waals surface area (Å²) in [6, 6.07) is 5.17. The van der Waals surface area contributed by atoms with Crippen molar-refractivity contribution in [3.8, 4) is 5.75 Å². The smallest absolute Gasteiger partial charge is 0.165 e. The lowest BCUT2D eigenvalue weighted by atomic mass is 9.83. The summed E-state index contributed by atoms with van der Waals surface area (Å²) in [7, 11) is 1.48. The Morgan fingerprint density at radius 1 is 1.31 bits per heavy atom. The van der Waals surface area contributed by atoms with Crippen molar-refractivity contribution in [3.05, 3.63) is 29.6 Å². The molecule has 0 radical (unpaired) electrons. The standard InChI is InChI=1S/C13H16ClFO/c1-16-13-7-6-9(8-12(13)15)10-4-2-3-5-11(10)14/h6-8,10-11H,2-5H2,1H3. The summed E-state index contributed by atoms with van der Waals surface area (Å²) in [6.45, 7) is 0. The molecular weight excluding hydrogens is 227 g/mol. The van der Waals surface area contributed by atoms with Crippen LogP contribution in [0.2, 0.25) is 0 Å². The molecule has 1 aromatic rings. The van der Waals surface area contributed by atoms with Gasteiger partial charge in [0.2, 0.25) is 0 Å². The Bertz CT molecular complexity index is 367. The fourth-order valence-electron chi connectivity index (χ4n) is 2.37. The van der Waals surface area contributed by atoms with Gasteiger partial charge in [0.15, 0.2) is 11.6 Å². The van der Waals surface area contributed by atoms with Gasteiger partial charge in [-0.1, -0.05) is 18.9 Å². The quantitative estimate of drug-likeness (QED) is 0.710. The van der Waals surface area contributed by atoms with E-state index in [0.717, 1.165) is 18.4 Å². The van der Waals surface area contributed by atoms with Crippen LogP contribution >= 0.6 is 11.6 Å². The Morgan fingerprint density at radius 2 is 2.06 bits per heavy atom. The zero-order chi connectivity index (χ0) is 11.5. The molecule has 0 amide bonds. The predicted molar refractivity (Wildman–Crippen MR) is 63.8 cm³/mol. The predicted octanol–water partition coefficient (Wildman–Crippen LogP) is 4.10. The van der Waals surface area contributed by atoms with Crippen LogP contribution in [0.1, 0.15) is 37.2 Å². The van der Waals surface area contributed by atoms with Crippen LogP contribution in [-0.2, 0) is 0 Å². The van der Waals surface area contributed by atoms with Crippen molar-refractivity contribution in [2.24, 2.45) is 0 Å². The molecule has 0 spiro atoms. The van der Waals surface area contributed by atoms with E-state index in [1.54, 1.807) is 12.1 Å². The largest absolute Gasteiger partial charge is 0.494 e. The van der Waals surface area contributed by atoms with Gasteiger partial charge >= 0.3 is 0 Å². The third-order valence-corrected chi connectivity index (χ3v) is 3.81. The van der Waals surface area contributed by atoms with Gasteiger partial charge in [-0.2, -0.15) is 0 Å². The molecule has 2 unspecified atom stereocenters. The highest BCUT2D eigenvalue weighted by molar-refractivity contribution is 6.21. The van der Waals surface area contributed by atoms with E-state index in [1.807, 2.05) is 6.07 Å². The highest BCUT2D eigenvalue weighted by atomic mass is 35.5. The summed E-state index contributed by atoms with van der Waals surface area (Å²) >= 11 is 6.29. The zero-order valence-electron chi connectivity index (χ0n) is 9.38. The third kappa shape index (κ3) is 2.32. The molecule has 0 aliphatic heterocycles. The molecule has 0 saturated heterocycles. The number of alkyl halides is 1. The monoisotopic (exact) mass is 242 g/mol. The third-order valence-electron chi connectivity index (χ3n) is 3.29. The van der Waals surface area contributed by atoms with Crippen LogP contribution in [0, 0.1) is 5.82 Å². The van der Waals surface area contributed by atoms with Crippen molar-refractivity contribution in [1.29, 1.82) is 0 Å². The lowest BCUT2D eigenvalue weighted by Gasteiger charge is -2.27. The fourth-order valence-corrected chi connectivity index (χ4v) is 2.80. The number of benzene rings is 1. The minimum Gasteiger partial charge on any atom is -0.494 e. The molecular formula is C13H16ClFO. The molecule has 2 rings (SSSR count). The first kappa shape index (κ1) is 11.7. The maximum absolute atomic E-state index is 13.6. The fraction of sp³-hybridized carbons (Fsp3) is 0.538. The van der Waals surface area contributed by atoms with Crippen molar-refractivity contribution in [2.75, 3.05) is 7.11 Å². The molecule has 0 N–H and O–H groups in total. The Morgan fingerprint density at radius 3 is 2.69 bits per heavy atom. The van der Waals surface area contributed by atoms with Crippen molar-refractivity contribution in [2.45, 2.75) is 37.0 Å². The van der Waals surface area contributed by atoms with E-state index < -0.39 is 0 Å². The van der Waals surface area contributed by atoms with Crippen LogP contribution in [0.3, 0.4) is 0 Å². The molecule has 16 heavy (non-hydrogen) atoms. The van der Waals surface area contributed by atoms with Gasteiger partial charge in [0.1, 0.15) is 0 Å². The molecule has 88 valence electrons. The zero-order valence-corrected chi connectivity index (χ0v) is 10.1. The van der Waals surface area contributed by atoms with E-state index in [4.69, 9.17) is 16.3 Å². The lowest BCUT2D eigenvalue weighted by Crippen LogP contribution is -2.17. The first-order valence-electron chi connectivity index (χ1n) is 5.70. The maximum Gasteiger partial charge on any atom is 0.165 e. The number of ether oxygens (including phenoxy) is 1. The number of hydrogen-bond acceptors (Lipinski definition) is 1.